The van der Waals surface area contributed by atoms with Crippen LogP contribution in [0.3, 0.4) is 0 Å². The maximum absolute atomic E-state index is 13.0. The molecule has 0 saturated carbocycles. The number of nitrogens with zero attached hydrogens (tertiary/aromatic N) is 1. The Kier molecular flexibility index (Phi) is 5.27. The minimum Gasteiger partial charge on any atom is -0.497 e. The van der Waals surface area contributed by atoms with Crippen LogP contribution in [-0.2, 0) is 14.3 Å². The zero-order valence-corrected chi connectivity index (χ0v) is 17.2. The van der Waals surface area contributed by atoms with E-state index in [1.807, 2.05) is 6.92 Å². The summed E-state index contributed by atoms with van der Waals surface area (Å²) >= 11 is 0. The van der Waals surface area contributed by atoms with E-state index in [-0.39, 0.29) is 6.61 Å². The van der Waals surface area contributed by atoms with Crippen molar-refractivity contribution < 1.29 is 28.6 Å². The molecule has 160 valence electrons. The Morgan fingerprint density at radius 3 is 2.70 bits per heavy atom. The van der Waals surface area contributed by atoms with Crippen molar-refractivity contribution >= 4 is 17.9 Å². The molecule has 3 amide bonds. The highest BCUT2D eigenvalue weighted by Crippen LogP contribution is 2.47. The molecule has 9 heteroatoms. The van der Waals surface area contributed by atoms with Crippen LogP contribution < -0.4 is 20.1 Å². The van der Waals surface area contributed by atoms with Gasteiger partial charge in [-0.2, -0.15) is 0 Å². The normalized spacial score (nSPS) is 25.2. The number of carbonyl (C=O) groups excluding carboxylic acids is 3. The van der Waals surface area contributed by atoms with Gasteiger partial charge < -0.3 is 24.4 Å². The molecular formula is C21H25N3O6. The van der Waals surface area contributed by atoms with E-state index in [1.54, 1.807) is 30.2 Å². The lowest BCUT2D eigenvalue weighted by atomic mass is 9.74. The zero-order valence-electron chi connectivity index (χ0n) is 17.2. The summed E-state index contributed by atoms with van der Waals surface area (Å²) in [5.74, 6) is -1.20. The van der Waals surface area contributed by atoms with Crippen molar-refractivity contribution in [3.8, 4) is 11.5 Å². The van der Waals surface area contributed by atoms with Gasteiger partial charge in [-0.05, 0) is 24.6 Å². The molecule has 1 aromatic rings. The molecule has 9 nitrogen and oxygen atoms in total. The quantitative estimate of drug-likeness (QED) is 0.678. The fourth-order valence-corrected chi connectivity index (χ4v) is 4.43. The van der Waals surface area contributed by atoms with Crippen molar-refractivity contribution in [1.29, 1.82) is 0 Å². The number of unbranched alkanes of at least 4 members (excludes halogenated alkanes) is 1. The van der Waals surface area contributed by atoms with Crippen LogP contribution in [-0.4, -0.2) is 56.3 Å². The van der Waals surface area contributed by atoms with E-state index in [0.29, 0.717) is 34.9 Å². The number of carbonyl (C=O) groups is 3. The van der Waals surface area contributed by atoms with Gasteiger partial charge >= 0.3 is 12.0 Å². The number of hydrogen-bond acceptors (Lipinski definition) is 7. The first-order chi connectivity index (χ1) is 14.5. The number of methoxy groups -OCH3 is 2. The Morgan fingerprint density at radius 2 is 2.00 bits per heavy atom. The minimum atomic E-state index is -0.732. The first-order valence-corrected chi connectivity index (χ1v) is 10.00. The Bertz CT molecular complexity index is 927. The lowest BCUT2D eigenvalue weighted by molar-refractivity contribution is -0.136. The van der Waals surface area contributed by atoms with Gasteiger partial charge in [0.1, 0.15) is 24.3 Å². The predicted octanol–water partition coefficient (Wildman–Crippen LogP) is 1.50. The summed E-state index contributed by atoms with van der Waals surface area (Å²) in [7, 11) is 3.08. The molecule has 3 heterocycles. The van der Waals surface area contributed by atoms with E-state index in [0.717, 1.165) is 12.8 Å². The Labute approximate surface area is 174 Å². The van der Waals surface area contributed by atoms with Crippen molar-refractivity contribution in [1.82, 2.24) is 15.5 Å². The molecule has 3 unspecified atom stereocenters. The summed E-state index contributed by atoms with van der Waals surface area (Å²) in [5, 5.41) is 5.70. The van der Waals surface area contributed by atoms with E-state index >= 15 is 0 Å². The molecule has 30 heavy (non-hydrogen) atoms. The highest BCUT2D eigenvalue weighted by molar-refractivity contribution is 6.02. The first-order valence-electron chi connectivity index (χ1n) is 10.00. The number of nitrogens with one attached hydrogen (secondary N) is 2. The fraction of sp³-hybridized carbons (Fsp3) is 0.476. The second kappa shape index (κ2) is 7.89. The second-order valence-electron chi connectivity index (χ2n) is 7.51. The maximum atomic E-state index is 13.0. The van der Waals surface area contributed by atoms with Crippen molar-refractivity contribution in [2.45, 2.75) is 31.8 Å². The summed E-state index contributed by atoms with van der Waals surface area (Å²) in [4.78, 5) is 39.9. The highest BCUT2D eigenvalue weighted by Gasteiger charge is 2.54. The van der Waals surface area contributed by atoms with E-state index in [1.165, 1.54) is 7.11 Å². The van der Waals surface area contributed by atoms with Crippen molar-refractivity contribution in [3.63, 3.8) is 0 Å². The molecule has 0 spiro atoms. The molecule has 2 N–H and O–H groups in total. The summed E-state index contributed by atoms with van der Waals surface area (Å²) < 4.78 is 16.2. The number of fused-ring (bicyclic) bond motifs is 1. The molecule has 3 atom stereocenters. The highest BCUT2D eigenvalue weighted by atomic mass is 16.5. The standard InChI is InChI=1S/C21H25N3O6/c1-4-5-8-24-18-17(19(25)23-21(24)27)15(16-13(22-18)10-30-20(16)26)12-9-11(28-2)6-7-14(12)29-3/h6-7,9,15,17-18,22H,4-5,8,10H2,1-3H3,(H,23,25,27). The molecule has 4 rings (SSSR count). The zero-order chi connectivity index (χ0) is 21.4. The van der Waals surface area contributed by atoms with Crippen molar-refractivity contribution in [2.24, 2.45) is 5.92 Å². The summed E-state index contributed by atoms with van der Waals surface area (Å²) in [5.41, 5.74) is 1.63. The number of ether oxygens (including phenoxy) is 3. The number of amides is 3. The van der Waals surface area contributed by atoms with Crippen LogP contribution >= 0.6 is 0 Å². The Hall–Kier alpha value is -3.23. The summed E-state index contributed by atoms with van der Waals surface area (Å²) in [6.07, 6.45) is 1.10. The van der Waals surface area contributed by atoms with Crippen LogP contribution in [0, 0.1) is 5.92 Å². The topological polar surface area (TPSA) is 106 Å². The van der Waals surface area contributed by atoms with Gasteiger partial charge in [-0.25, -0.2) is 9.59 Å². The van der Waals surface area contributed by atoms with Gasteiger partial charge in [0.15, 0.2) is 0 Å². The number of rotatable bonds is 6. The van der Waals surface area contributed by atoms with Crippen LogP contribution in [0.15, 0.2) is 29.5 Å². The van der Waals surface area contributed by atoms with Gasteiger partial charge in [0.25, 0.3) is 0 Å². The van der Waals surface area contributed by atoms with Crippen LogP contribution in [0.2, 0.25) is 0 Å². The van der Waals surface area contributed by atoms with E-state index < -0.39 is 35.9 Å². The molecule has 0 aromatic heterocycles. The van der Waals surface area contributed by atoms with E-state index in [9.17, 15) is 14.4 Å². The SMILES string of the molecule is CCCCN1C(=O)NC(=O)C2C(c3cc(OC)ccc3OC)C3=C(COC3=O)NC21. The average molecular weight is 415 g/mol. The average Bonchev–Trinajstić information content (AvgIpc) is 3.12. The number of benzene rings is 1. The molecule has 1 fully saturated rings. The monoisotopic (exact) mass is 415 g/mol. The molecule has 1 aromatic carbocycles. The fourth-order valence-electron chi connectivity index (χ4n) is 4.43. The molecule has 0 radical (unpaired) electrons. The van der Waals surface area contributed by atoms with Crippen LogP contribution in [0.5, 0.6) is 11.5 Å². The van der Waals surface area contributed by atoms with Gasteiger partial charge in [0.05, 0.1) is 31.4 Å². The molecule has 0 bridgehead atoms. The molecule has 3 aliphatic heterocycles. The number of hydrogen-bond donors (Lipinski definition) is 2. The van der Waals surface area contributed by atoms with Crippen LogP contribution in [0.1, 0.15) is 31.2 Å². The van der Waals surface area contributed by atoms with Gasteiger partial charge in [0.2, 0.25) is 5.91 Å². The van der Waals surface area contributed by atoms with Gasteiger partial charge in [0, 0.05) is 18.0 Å². The smallest absolute Gasteiger partial charge is 0.336 e. The molecule has 0 aliphatic carbocycles. The third kappa shape index (κ3) is 3.14. The minimum absolute atomic E-state index is 0.0810. The Morgan fingerprint density at radius 1 is 1.20 bits per heavy atom. The van der Waals surface area contributed by atoms with Crippen molar-refractivity contribution in [2.75, 3.05) is 27.4 Å². The first kappa shape index (κ1) is 20.1. The maximum Gasteiger partial charge on any atom is 0.336 e. The second-order valence-corrected chi connectivity index (χ2v) is 7.51. The molecular weight excluding hydrogens is 390 g/mol. The molecule has 3 aliphatic rings. The Balaban J connectivity index is 1.87. The number of cyclic esters (lactones) is 1. The summed E-state index contributed by atoms with van der Waals surface area (Å²) in [6.45, 7) is 2.60. The lowest BCUT2D eigenvalue weighted by Gasteiger charge is -2.46. The number of imide groups is 1. The van der Waals surface area contributed by atoms with Crippen molar-refractivity contribution in [3.05, 3.63) is 35.0 Å². The molecule has 1 saturated heterocycles. The third-order valence-electron chi connectivity index (χ3n) is 5.88. The summed E-state index contributed by atoms with van der Waals surface area (Å²) in [6, 6.07) is 4.82. The van der Waals surface area contributed by atoms with Gasteiger partial charge in [-0.1, -0.05) is 13.3 Å². The van der Waals surface area contributed by atoms with Crippen LogP contribution in [0.25, 0.3) is 0 Å². The largest absolute Gasteiger partial charge is 0.497 e. The number of esters is 1. The van der Waals surface area contributed by atoms with E-state index in [2.05, 4.69) is 10.6 Å². The van der Waals surface area contributed by atoms with Crippen LogP contribution in [0.4, 0.5) is 4.79 Å². The lowest BCUT2D eigenvalue weighted by Crippen LogP contribution is -2.67. The predicted molar refractivity (Wildman–Crippen MR) is 106 cm³/mol. The third-order valence-corrected chi connectivity index (χ3v) is 5.88. The van der Waals surface area contributed by atoms with E-state index in [4.69, 9.17) is 14.2 Å². The van der Waals surface area contributed by atoms with Gasteiger partial charge in [-0.15, -0.1) is 0 Å². The number of urea groups is 1. The van der Waals surface area contributed by atoms with Gasteiger partial charge in [-0.3, -0.25) is 10.1 Å².